The van der Waals surface area contributed by atoms with Gasteiger partial charge in [-0.1, -0.05) is 36.4 Å². The van der Waals surface area contributed by atoms with Crippen molar-refractivity contribution in [1.29, 1.82) is 0 Å². The molecule has 0 radical (unpaired) electrons. The average molecular weight is 324 g/mol. The number of benzene rings is 2. The van der Waals surface area contributed by atoms with E-state index < -0.39 is 6.04 Å². The number of carbonyl (C=O) groups is 1. The van der Waals surface area contributed by atoms with Crippen LogP contribution in [0.2, 0.25) is 0 Å². The van der Waals surface area contributed by atoms with Crippen molar-refractivity contribution in [1.82, 2.24) is 9.88 Å². The van der Waals surface area contributed by atoms with Crippen molar-refractivity contribution in [2.24, 2.45) is 0 Å². The topological polar surface area (TPSA) is 53.2 Å². The Morgan fingerprint density at radius 3 is 2.54 bits per heavy atom. The molecular formula is C19H17FN2O2. The van der Waals surface area contributed by atoms with Crippen molar-refractivity contribution in [3.05, 3.63) is 81.9 Å². The highest BCUT2D eigenvalue weighted by atomic mass is 19.1. The Kier molecular flexibility index (Phi) is 4.16. The maximum atomic E-state index is 14.0. The van der Waals surface area contributed by atoms with Gasteiger partial charge in [-0.2, -0.15) is 0 Å². The van der Waals surface area contributed by atoms with Gasteiger partial charge in [0.15, 0.2) is 0 Å². The van der Waals surface area contributed by atoms with E-state index in [4.69, 9.17) is 0 Å². The molecule has 1 N–H and O–H groups in total. The zero-order valence-electron chi connectivity index (χ0n) is 13.4. The van der Waals surface area contributed by atoms with Crippen LogP contribution >= 0.6 is 0 Å². The monoisotopic (exact) mass is 324 g/mol. The molecule has 1 unspecified atom stereocenters. The molecule has 1 heterocycles. The van der Waals surface area contributed by atoms with Gasteiger partial charge in [-0.25, -0.2) is 4.39 Å². The van der Waals surface area contributed by atoms with Crippen LogP contribution in [0.25, 0.3) is 10.9 Å². The van der Waals surface area contributed by atoms with Crippen LogP contribution in [0.3, 0.4) is 0 Å². The van der Waals surface area contributed by atoms with E-state index in [1.165, 1.54) is 17.0 Å². The summed E-state index contributed by atoms with van der Waals surface area (Å²) in [7, 11) is 1.61. The summed E-state index contributed by atoms with van der Waals surface area (Å²) >= 11 is 0. The molecule has 4 nitrogen and oxygen atoms in total. The van der Waals surface area contributed by atoms with Crippen molar-refractivity contribution in [3.8, 4) is 0 Å². The van der Waals surface area contributed by atoms with Gasteiger partial charge in [0.25, 0.3) is 5.91 Å². The van der Waals surface area contributed by atoms with Crippen LogP contribution in [0.15, 0.2) is 59.4 Å². The third-order valence-corrected chi connectivity index (χ3v) is 4.24. The Morgan fingerprint density at radius 1 is 1.12 bits per heavy atom. The van der Waals surface area contributed by atoms with Crippen LogP contribution in [0, 0.1) is 5.82 Å². The summed E-state index contributed by atoms with van der Waals surface area (Å²) in [4.78, 5) is 28.9. The lowest BCUT2D eigenvalue weighted by atomic mass is 10.0. The number of rotatable bonds is 3. The van der Waals surface area contributed by atoms with Crippen LogP contribution in [-0.4, -0.2) is 22.8 Å². The smallest absolute Gasteiger partial charge is 0.254 e. The van der Waals surface area contributed by atoms with Gasteiger partial charge in [-0.15, -0.1) is 0 Å². The number of pyridine rings is 1. The van der Waals surface area contributed by atoms with E-state index in [0.29, 0.717) is 22.0 Å². The third-order valence-electron chi connectivity index (χ3n) is 4.24. The van der Waals surface area contributed by atoms with Gasteiger partial charge < -0.3 is 9.88 Å². The van der Waals surface area contributed by atoms with Gasteiger partial charge in [0.05, 0.1) is 11.6 Å². The molecule has 1 amide bonds. The van der Waals surface area contributed by atoms with Crippen molar-refractivity contribution in [2.75, 3.05) is 7.05 Å². The zero-order chi connectivity index (χ0) is 17.3. The molecule has 0 bridgehead atoms. The Morgan fingerprint density at radius 2 is 1.79 bits per heavy atom. The molecule has 0 aliphatic carbocycles. The molecule has 0 spiro atoms. The molecule has 24 heavy (non-hydrogen) atoms. The minimum absolute atomic E-state index is 0.306. The normalized spacial score (nSPS) is 12.1. The highest BCUT2D eigenvalue weighted by Gasteiger charge is 2.23. The number of aromatic nitrogens is 1. The van der Waals surface area contributed by atoms with E-state index in [2.05, 4.69) is 4.98 Å². The van der Waals surface area contributed by atoms with E-state index in [0.717, 1.165) is 0 Å². The fourth-order valence-electron chi connectivity index (χ4n) is 2.77. The van der Waals surface area contributed by atoms with Gasteiger partial charge in [-0.05, 0) is 19.1 Å². The maximum Gasteiger partial charge on any atom is 0.254 e. The molecule has 3 rings (SSSR count). The van der Waals surface area contributed by atoms with Crippen LogP contribution in [0.5, 0.6) is 0 Å². The number of carbonyl (C=O) groups excluding carboxylic acids is 1. The predicted octanol–water partition coefficient (Wildman–Crippen LogP) is 3.50. The van der Waals surface area contributed by atoms with Crippen LogP contribution < -0.4 is 5.56 Å². The minimum Gasteiger partial charge on any atom is -0.335 e. The first kappa shape index (κ1) is 15.9. The lowest BCUT2D eigenvalue weighted by Crippen LogP contribution is -2.31. The Balaban J connectivity index is 2.03. The molecule has 1 atom stereocenters. The third kappa shape index (κ3) is 2.80. The number of hydrogen-bond acceptors (Lipinski definition) is 2. The second-order valence-corrected chi connectivity index (χ2v) is 5.71. The second kappa shape index (κ2) is 6.28. The van der Waals surface area contributed by atoms with Crippen molar-refractivity contribution in [2.45, 2.75) is 13.0 Å². The Hall–Kier alpha value is -2.95. The van der Waals surface area contributed by atoms with Gasteiger partial charge in [0, 0.05) is 29.6 Å². The summed E-state index contributed by atoms with van der Waals surface area (Å²) in [6.07, 6.45) is 0. The number of aromatic amines is 1. The number of amides is 1. The summed E-state index contributed by atoms with van der Waals surface area (Å²) in [5.41, 5.74) is 0.992. The zero-order valence-corrected chi connectivity index (χ0v) is 13.4. The largest absolute Gasteiger partial charge is 0.335 e. The molecule has 0 aliphatic heterocycles. The standard InChI is InChI=1S/C19H17FN2O2/c1-12(13-7-3-5-9-16(13)20)22(2)19(24)15-11-18(23)21-17-10-6-4-8-14(15)17/h3-12H,1-2H3,(H,21,23). The minimum atomic E-state index is -0.461. The van der Waals surface area contributed by atoms with Gasteiger partial charge in [0.1, 0.15) is 5.82 Å². The first-order chi connectivity index (χ1) is 11.5. The lowest BCUT2D eigenvalue weighted by molar-refractivity contribution is 0.0742. The summed E-state index contributed by atoms with van der Waals surface area (Å²) in [5.74, 6) is -0.687. The van der Waals surface area contributed by atoms with Crippen molar-refractivity contribution >= 4 is 16.8 Å². The Bertz CT molecular complexity index is 965. The SMILES string of the molecule is CC(c1ccccc1F)N(C)C(=O)c1cc(=O)[nH]c2ccccc12. The van der Waals surface area contributed by atoms with Crippen molar-refractivity contribution in [3.63, 3.8) is 0 Å². The summed E-state index contributed by atoms with van der Waals surface area (Å²) in [6, 6.07) is 14.3. The molecule has 0 aliphatic rings. The first-order valence-corrected chi connectivity index (χ1v) is 7.62. The second-order valence-electron chi connectivity index (χ2n) is 5.71. The van der Waals surface area contributed by atoms with E-state index in [1.807, 2.05) is 0 Å². The molecule has 3 aromatic rings. The van der Waals surface area contributed by atoms with Crippen molar-refractivity contribution < 1.29 is 9.18 Å². The summed E-state index contributed by atoms with van der Waals surface area (Å²) in [5, 5.41) is 0.662. The fourth-order valence-corrected chi connectivity index (χ4v) is 2.77. The lowest BCUT2D eigenvalue weighted by Gasteiger charge is -2.26. The van der Waals surface area contributed by atoms with Crippen LogP contribution in [-0.2, 0) is 0 Å². The van der Waals surface area contributed by atoms with Crippen LogP contribution in [0.4, 0.5) is 4.39 Å². The van der Waals surface area contributed by atoms with E-state index >= 15 is 0 Å². The summed E-state index contributed by atoms with van der Waals surface area (Å²) < 4.78 is 14.0. The first-order valence-electron chi connectivity index (χ1n) is 7.62. The van der Waals surface area contributed by atoms with Gasteiger partial charge in [-0.3, -0.25) is 9.59 Å². The maximum absolute atomic E-state index is 14.0. The highest BCUT2D eigenvalue weighted by Crippen LogP contribution is 2.24. The molecule has 0 fully saturated rings. The summed E-state index contributed by atoms with van der Waals surface area (Å²) in [6.45, 7) is 1.76. The fraction of sp³-hybridized carbons (Fsp3) is 0.158. The van der Waals surface area contributed by atoms with E-state index in [-0.39, 0.29) is 17.3 Å². The quantitative estimate of drug-likeness (QED) is 0.802. The predicted molar refractivity (Wildman–Crippen MR) is 91.5 cm³/mol. The Labute approximate surface area is 138 Å². The number of para-hydroxylation sites is 1. The number of fused-ring (bicyclic) bond motifs is 1. The number of nitrogens with one attached hydrogen (secondary N) is 1. The van der Waals surface area contributed by atoms with Gasteiger partial charge in [0.2, 0.25) is 5.56 Å². The molecule has 0 saturated heterocycles. The molecule has 122 valence electrons. The van der Waals surface area contributed by atoms with E-state index in [9.17, 15) is 14.0 Å². The average Bonchev–Trinajstić information content (AvgIpc) is 2.59. The van der Waals surface area contributed by atoms with Gasteiger partial charge >= 0.3 is 0 Å². The van der Waals surface area contributed by atoms with E-state index in [1.54, 1.807) is 56.4 Å². The molecule has 0 saturated carbocycles. The molecule has 2 aromatic carbocycles. The number of halogens is 1. The number of nitrogens with zero attached hydrogens (tertiary/aromatic N) is 1. The van der Waals surface area contributed by atoms with Crippen LogP contribution in [0.1, 0.15) is 28.9 Å². The highest BCUT2D eigenvalue weighted by molar-refractivity contribution is 6.05. The number of hydrogen-bond donors (Lipinski definition) is 1. The molecule has 5 heteroatoms. The molecular weight excluding hydrogens is 307 g/mol. The number of H-pyrrole nitrogens is 1. The molecule has 1 aromatic heterocycles.